The highest BCUT2D eigenvalue weighted by atomic mass is 16.2. The average molecular weight is 224 g/mol. The second kappa shape index (κ2) is 4.92. The molecule has 0 unspecified atom stereocenters. The summed E-state index contributed by atoms with van der Waals surface area (Å²) in [5.74, 6) is -1.15. The van der Waals surface area contributed by atoms with Gasteiger partial charge in [-0.05, 0) is 13.3 Å². The van der Waals surface area contributed by atoms with Gasteiger partial charge >= 0.3 is 6.03 Å². The summed E-state index contributed by atoms with van der Waals surface area (Å²) in [6.07, 6.45) is 6.24. The van der Waals surface area contributed by atoms with Crippen LogP contribution in [0.15, 0.2) is 12.2 Å². The van der Waals surface area contributed by atoms with Crippen LogP contribution in [0.4, 0.5) is 4.79 Å². The normalized spacial score (nSPS) is 19.8. The number of nitrogens with one attached hydrogen (secondary N) is 2. The van der Waals surface area contributed by atoms with E-state index in [1.807, 2.05) is 0 Å². The fourth-order valence-corrected chi connectivity index (χ4v) is 1.39. The van der Waals surface area contributed by atoms with Crippen LogP contribution in [0, 0.1) is 5.41 Å². The molecule has 0 bridgehead atoms. The highest BCUT2D eigenvalue weighted by Crippen LogP contribution is 2.22. The van der Waals surface area contributed by atoms with Gasteiger partial charge < -0.3 is 0 Å². The highest BCUT2D eigenvalue weighted by Gasteiger charge is 2.43. The minimum absolute atomic E-state index is 0.575. The van der Waals surface area contributed by atoms with Crippen LogP contribution < -0.4 is 10.6 Å². The largest absolute Gasteiger partial charge is 0.328 e. The first-order valence-electron chi connectivity index (χ1n) is 5.35. The van der Waals surface area contributed by atoms with Crippen molar-refractivity contribution in [3.05, 3.63) is 12.2 Å². The Morgan fingerprint density at radius 1 is 1.19 bits per heavy atom. The molecule has 5 nitrogen and oxygen atoms in total. The summed E-state index contributed by atoms with van der Waals surface area (Å²) >= 11 is 0. The van der Waals surface area contributed by atoms with Gasteiger partial charge in [0.15, 0.2) is 0 Å². The van der Waals surface area contributed by atoms with Gasteiger partial charge in [-0.1, -0.05) is 31.9 Å². The zero-order chi connectivity index (χ0) is 12.2. The Hall–Kier alpha value is -1.65. The van der Waals surface area contributed by atoms with Crippen molar-refractivity contribution in [3.63, 3.8) is 0 Å². The molecule has 4 amide bonds. The molecule has 88 valence electrons. The number of carbonyl (C=O) groups is 3. The van der Waals surface area contributed by atoms with Crippen LogP contribution in [0.5, 0.6) is 0 Å². The van der Waals surface area contributed by atoms with Crippen molar-refractivity contribution in [1.29, 1.82) is 0 Å². The molecule has 0 aliphatic carbocycles. The third kappa shape index (κ3) is 2.48. The quantitative estimate of drug-likeness (QED) is 0.426. The maximum Gasteiger partial charge on any atom is 0.328 e. The molecular weight excluding hydrogens is 208 g/mol. The van der Waals surface area contributed by atoms with Crippen LogP contribution in [0.1, 0.15) is 33.1 Å². The van der Waals surface area contributed by atoms with E-state index in [4.69, 9.17) is 0 Å². The number of barbiturate groups is 1. The Bertz CT molecular complexity index is 327. The second-order valence-corrected chi connectivity index (χ2v) is 3.98. The maximum atomic E-state index is 11.6. The summed E-state index contributed by atoms with van der Waals surface area (Å²) in [6, 6.07) is -0.755. The highest BCUT2D eigenvalue weighted by molar-refractivity contribution is 6.20. The van der Waals surface area contributed by atoms with E-state index in [9.17, 15) is 14.4 Å². The van der Waals surface area contributed by atoms with Gasteiger partial charge in [-0.2, -0.15) is 0 Å². The lowest BCUT2D eigenvalue weighted by Crippen LogP contribution is -2.60. The van der Waals surface area contributed by atoms with Gasteiger partial charge in [0.05, 0.1) is 0 Å². The standard InChI is InChI=1S/C11H16N2O3/c1-3-4-5-6-7-11(2)8(14)12-10(16)13-9(11)15/h6-7H,3-5H2,1-2H3,(H2,12,13,14,15,16)/b7-6-. The van der Waals surface area contributed by atoms with Crippen molar-refractivity contribution in [2.45, 2.75) is 33.1 Å². The first-order valence-corrected chi connectivity index (χ1v) is 5.35. The Labute approximate surface area is 94.3 Å². The minimum atomic E-state index is -1.28. The predicted molar refractivity (Wildman–Crippen MR) is 58.5 cm³/mol. The van der Waals surface area contributed by atoms with E-state index in [0.717, 1.165) is 19.3 Å². The third-order valence-corrected chi connectivity index (χ3v) is 2.57. The monoisotopic (exact) mass is 224 g/mol. The smallest absolute Gasteiger partial charge is 0.277 e. The molecule has 0 aromatic heterocycles. The van der Waals surface area contributed by atoms with Gasteiger partial charge in [-0.3, -0.25) is 20.2 Å². The van der Waals surface area contributed by atoms with Crippen LogP contribution in [-0.4, -0.2) is 17.8 Å². The summed E-state index contributed by atoms with van der Waals surface area (Å²) in [4.78, 5) is 34.0. The predicted octanol–water partition coefficient (Wildman–Crippen LogP) is 1.11. The number of allylic oxidation sites excluding steroid dienone is 1. The summed E-state index contributed by atoms with van der Waals surface area (Å²) < 4.78 is 0. The number of rotatable bonds is 4. The van der Waals surface area contributed by atoms with E-state index in [1.165, 1.54) is 6.92 Å². The van der Waals surface area contributed by atoms with Gasteiger partial charge in [0, 0.05) is 0 Å². The summed E-state index contributed by atoms with van der Waals surface area (Å²) in [6.45, 7) is 3.56. The van der Waals surface area contributed by atoms with E-state index in [2.05, 4.69) is 17.6 Å². The lowest BCUT2D eigenvalue weighted by atomic mass is 9.86. The summed E-state index contributed by atoms with van der Waals surface area (Å²) in [5.41, 5.74) is -1.28. The van der Waals surface area contributed by atoms with Crippen molar-refractivity contribution >= 4 is 17.8 Å². The fourth-order valence-electron chi connectivity index (χ4n) is 1.39. The zero-order valence-corrected chi connectivity index (χ0v) is 9.50. The average Bonchev–Trinajstić information content (AvgIpc) is 2.21. The molecule has 1 aliphatic rings. The molecule has 2 N–H and O–H groups in total. The molecule has 1 fully saturated rings. The Kier molecular flexibility index (Phi) is 3.82. The lowest BCUT2D eigenvalue weighted by Gasteiger charge is -2.27. The molecule has 1 rings (SSSR count). The molecule has 5 heteroatoms. The van der Waals surface area contributed by atoms with E-state index in [1.54, 1.807) is 12.2 Å². The number of hydrogen-bond donors (Lipinski definition) is 2. The molecule has 0 atom stereocenters. The van der Waals surface area contributed by atoms with Crippen molar-refractivity contribution in [3.8, 4) is 0 Å². The minimum Gasteiger partial charge on any atom is -0.277 e. The molecule has 0 aromatic carbocycles. The van der Waals surface area contributed by atoms with E-state index < -0.39 is 23.3 Å². The molecule has 1 saturated heterocycles. The molecule has 0 radical (unpaired) electrons. The van der Waals surface area contributed by atoms with E-state index in [0.29, 0.717) is 0 Å². The SMILES string of the molecule is CCCC/C=C\C1(C)C(=O)NC(=O)NC1=O. The molecule has 16 heavy (non-hydrogen) atoms. The van der Waals surface area contributed by atoms with E-state index >= 15 is 0 Å². The second-order valence-electron chi connectivity index (χ2n) is 3.98. The number of hydrogen-bond acceptors (Lipinski definition) is 3. The van der Waals surface area contributed by atoms with Gasteiger partial charge in [-0.15, -0.1) is 0 Å². The maximum absolute atomic E-state index is 11.6. The van der Waals surface area contributed by atoms with Gasteiger partial charge in [0.1, 0.15) is 5.41 Å². The number of carbonyl (C=O) groups excluding carboxylic acids is 3. The van der Waals surface area contributed by atoms with Crippen molar-refractivity contribution in [2.75, 3.05) is 0 Å². The van der Waals surface area contributed by atoms with Crippen LogP contribution in [-0.2, 0) is 9.59 Å². The number of urea groups is 1. The van der Waals surface area contributed by atoms with Crippen LogP contribution >= 0.6 is 0 Å². The van der Waals surface area contributed by atoms with Crippen molar-refractivity contribution in [2.24, 2.45) is 5.41 Å². The molecule has 0 spiro atoms. The molecule has 0 saturated carbocycles. The third-order valence-electron chi connectivity index (χ3n) is 2.57. The Balaban J connectivity index is 2.74. The molecule has 1 aliphatic heterocycles. The van der Waals surface area contributed by atoms with Gasteiger partial charge in [0.2, 0.25) is 11.8 Å². The zero-order valence-electron chi connectivity index (χ0n) is 9.50. The van der Waals surface area contributed by atoms with Crippen LogP contribution in [0.25, 0.3) is 0 Å². The Morgan fingerprint density at radius 3 is 2.25 bits per heavy atom. The van der Waals surface area contributed by atoms with Crippen LogP contribution in [0.2, 0.25) is 0 Å². The molecular formula is C11H16N2O3. The first-order chi connectivity index (χ1) is 7.50. The van der Waals surface area contributed by atoms with Gasteiger partial charge in [0.25, 0.3) is 0 Å². The summed E-state index contributed by atoms with van der Waals surface area (Å²) in [5, 5.41) is 4.16. The van der Waals surface area contributed by atoms with E-state index in [-0.39, 0.29) is 0 Å². The first kappa shape index (κ1) is 12.4. The topological polar surface area (TPSA) is 75.3 Å². The fraction of sp³-hybridized carbons (Fsp3) is 0.545. The summed E-state index contributed by atoms with van der Waals surface area (Å²) in [7, 11) is 0. The van der Waals surface area contributed by atoms with Crippen molar-refractivity contribution < 1.29 is 14.4 Å². The molecule has 1 heterocycles. The number of unbranched alkanes of at least 4 members (excludes halogenated alkanes) is 2. The number of imide groups is 2. The van der Waals surface area contributed by atoms with Gasteiger partial charge in [-0.25, -0.2) is 4.79 Å². The molecule has 0 aromatic rings. The number of amides is 4. The van der Waals surface area contributed by atoms with Crippen LogP contribution in [0.3, 0.4) is 0 Å². The van der Waals surface area contributed by atoms with Crippen molar-refractivity contribution in [1.82, 2.24) is 10.6 Å². The lowest BCUT2D eigenvalue weighted by molar-refractivity contribution is -0.139. The Morgan fingerprint density at radius 2 is 1.75 bits per heavy atom.